The Labute approximate surface area is 302 Å². The first-order valence-corrected chi connectivity index (χ1v) is 20.1. The predicted octanol–water partition coefficient (Wildman–Crippen LogP) is 4.06. The van der Waals surface area contributed by atoms with E-state index < -0.39 is 11.9 Å². The van der Waals surface area contributed by atoms with Crippen molar-refractivity contribution < 1.29 is 47.8 Å². The van der Waals surface area contributed by atoms with E-state index in [4.69, 9.17) is 43.6 Å². The number of ether oxygens (including phenoxy) is 8. The van der Waals surface area contributed by atoms with Gasteiger partial charge >= 0.3 is 0 Å². The van der Waals surface area contributed by atoms with Crippen LogP contribution in [0.25, 0.3) is 0 Å². The summed E-state index contributed by atoms with van der Waals surface area (Å²) < 4.78 is 54.0. The van der Waals surface area contributed by atoms with Crippen molar-refractivity contribution in [3.63, 3.8) is 0 Å². The Kier molecular flexibility index (Phi) is 9.59. The Morgan fingerprint density at radius 3 is 2.35 bits per heavy atom. The van der Waals surface area contributed by atoms with E-state index in [0.29, 0.717) is 44.4 Å². The molecule has 10 fully saturated rings. The van der Waals surface area contributed by atoms with E-state index in [1.54, 1.807) is 0 Å². The van der Waals surface area contributed by atoms with E-state index in [9.17, 15) is 9.90 Å². The molecule has 3 unspecified atom stereocenters. The van der Waals surface area contributed by atoms with Crippen LogP contribution in [-0.4, -0.2) is 115 Å². The highest BCUT2D eigenvalue weighted by Crippen LogP contribution is 2.54. The van der Waals surface area contributed by atoms with Gasteiger partial charge in [-0.3, -0.25) is 4.79 Å². The smallest absolute Gasteiger partial charge is 0.172 e. The number of carbonyl (C=O) groups excluding carboxylic acids is 1. The molecular formula is C40H59NO10. The van der Waals surface area contributed by atoms with Gasteiger partial charge in [0.2, 0.25) is 0 Å². The lowest BCUT2D eigenvalue weighted by Gasteiger charge is -2.47. The van der Waals surface area contributed by atoms with Gasteiger partial charge in [-0.05, 0) is 73.8 Å². The molecule has 0 saturated carbocycles. The summed E-state index contributed by atoms with van der Waals surface area (Å²) >= 11 is 0. The number of carbonyl (C=O) groups is 1. The van der Waals surface area contributed by atoms with Gasteiger partial charge in [0, 0.05) is 45.1 Å². The lowest BCUT2D eigenvalue weighted by molar-refractivity contribution is -0.292. The second-order valence-electron chi connectivity index (χ2n) is 17.6. The minimum atomic E-state index is -0.765. The number of aliphatic hydroxyl groups excluding tert-OH is 1. The zero-order valence-electron chi connectivity index (χ0n) is 30.4. The van der Waals surface area contributed by atoms with Crippen LogP contribution in [0.4, 0.5) is 0 Å². The number of fused-ring (bicyclic) bond motifs is 6. The van der Waals surface area contributed by atoms with Crippen molar-refractivity contribution in [3.05, 3.63) is 24.3 Å². The van der Waals surface area contributed by atoms with E-state index in [2.05, 4.69) is 27.0 Å². The Bertz CT molecular complexity index is 1360. The summed E-state index contributed by atoms with van der Waals surface area (Å²) in [6.07, 6.45) is 6.43. The maximum absolute atomic E-state index is 14.0. The maximum atomic E-state index is 14.0. The lowest BCUT2D eigenvalue weighted by Crippen LogP contribution is -2.61. The maximum Gasteiger partial charge on any atom is 0.172 e. The molecule has 0 aromatic heterocycles. The summed E-state index contributed by atoms with van der Waals surface area (Å²) in [6.45, 7) is 13.5. The van der Waals surface area contributed by atoms with Crippen molar-refractivity contribution in [2.45, 2.75) is 195 Å². The fraction of sp³-hybridized carbons (Fsp3) is 0.875. The molecular weight excluding hydrogens is 654 g/mol. The number of hydrogen-bond donors (Lipinski definition) is 2. The van der Waals surface area contributed by atoms with Crippen LogP contribution in [0.1, 0.15) is 97.3 Å². The van der Waals surface area contributed by atoms with Crippen molar-refractivity contribution >= 4 is 5.78 Å². The SMILES string of the molecule is C=C1C[C@@H]2CC[C@@]34C[C@H]5O[C@H]6[C@@H](O3)[C@H]3OC(CC[C@@H]3O[C@H]6[C@H]5O4)CC(=O)C[C@@H]3[C@@H](C)[C@@H](C[C@@H](O)CN)O[C@H]3CC3O[C@@H](CCC1O2)C[C@@H](C)C3=C. The predicted molar refractivity (Wildman–Crippen MR) is 185 cm³/mol. The van der Waals surface area contributed by atoms with E-state index in [0.717, 1.165) is 56.1 Å². The number of aliphatic hydroxyl groups is 1. The molecule has 10 heterocycles. The number of hydrogen-bond acceptors (Lipinski definition) is 11. The molecule has 10 aliphatic heterocycles. The Hall–Kier alpha value is -1.25. The topological polar surface area (TPSA) is 137 Å². The van der Waals surface area contributed by atoms with E-state index in [1.807, 2.05) is 0 Å². The average Bonchev–Trinajstić information content (AvgIpc) is 3.77. The molecule has 51 heavy (non-hydrogen) atoms. The van der Waals surface area contributed by atoms with Crippen LogP contribution in [-0.2, 0) is 42.7 Å². The number of rotatable bonds is 3. The molecule has 284 valence electrons. The molecule has 3 N–H and O–H groups in total. The summed E-state index contributed by atoms with van der Waals surface area (Å²) in [7, 11) is 0. The quantitative estimate of drug-likeness (QED) is 0.410. The van der Waals surface area contributed by atoms with Crippen LogP contribution in [0.5, 0.6) is 0 Å². The molecule has 11 heteroatoms. The highest BCUT2D eigenvalue weighted by Gasteiger charge is 2.68. The van der Waals surface area contributed by atoms with Gasteiger partial charge in [-0.25, -0.2) is 0 Å². The lowest BCUT2D eigenvalue weighted by atomic mass is 9.78. The third-order valence-electron chi connectivity index (χ3n) is 14.2. The standard InChI is InChI=1S/C40H59NO10/c1-19-11-25-5-7-29-20(2)12-27(44-29)9-10-40-17-34-36(50-40)37-38(49-34)39(51-40)35-30(48-37)8-6-26(46-35)13-23(42)14-28-22(4)31(15-24(43)18-41)47-33(28)16-32(45-25)21(19)3/h19,22,24-39,43H,2-3,5-18,41H2,1,4H3/t19-,22-,24-,25+,26?,27+,28-,29?,30+,31-,32?,33+,34-,35+,36+,37+,38-,39+,40+/m1/s1. The number of nitrogens with two attached hydrogens (primary N) is 1. The molecule has 0 aliphatic carbocycles. The van der Waals surface area contributed by atoms with Crippen molar-refractivity contribution in [1.29, 1.82) is 0 Å². The van der Waals surface area contributed by atoms with Gasteiger partial charge in [0.25, 0.3) is 0 Å². The molecule has 10 saturated heterocycles. The van der Waals surface area contributed by atoms with E-state index >= 15 is 0 Å². The summed E-state index contributed by atoms with van der Waals surface area (Å²) in [5, 5.41) is 10.5. The van der Waals surface area contributed by atoms with Crippen LogP contribution in [0.3, 0.4) is 0 Å². The molecule has 1 spiro atoms. The van der Waals surface area contributed by atoms with E-state index in [-0.39, 0.29) is 110 Å². The van der Waals surface area contributed by atoms with Gasteiger partial charge < -0.3 is 48.7 Å². The molecule has 0 aromatic carbocycles. The van der Waals surface area contributed by atoms with Crippen LogP contribution < -0.4 is 5.73 Å². The molecule has 19 atom stereocenters. The number of Topliss-reactive ketones (excluding diaryl/α,β-unsaturated/α-hetero) is 1. The zero-order valence-corrected chi connectivity index (χ0v) is 30.4. The minimum Gasteiger partial charge on any atom is -0.392 e. The van der Waals surface area contributed by atoms with Gasteiger partial charge in [0.05, 0.1) is 61.0 Å². The largest absolute Gasteiger partial charge is 0.392 e. The molecule has 11 nitrogen and oxygen atoms in total. The fourth-order valence-electron chi connectivity index (χ4n) is 11.3. The second kappa shape index (κ2) is 13.8. The Morgan fingerprint density at radius 1 is 0.765 bits per heavy atom. The van der Waals surface area contributed by atoms with Gasteiger partial charge in [0.15, 0.2) is 5.79 Å². The van der Waals surface area contributed by atoms with Crippen LogP contribution in [0.15, 0.2) is 24.3 Å². The Balaban J connectivity index is 0.986. The molecule has 12 bridgehead atoms. The third kappa shape index (κ3) is 6.53. The summed E-state index contributed by atoms with van der Waals surface area (Å²) in [5.74, 6) is -0.222. The molecule has 0 amide bonds. The van der Waals surface area contributed by atoms with Crippen molar-refractivity contribution in [2.75, 3.05) is 6.54 Å². The zero-order chi connectivity index (χ0) is 35.2. The highest BCUT2D eigenvalue weighted by atomic mass is 16.8. The van der Waals surface area contributed by atoms with Gasteiger partial charge in [-0.1, -0.05) is 27.0 Å². The van der Waals surface area contributed by atoms with Crippen LogP contribution >= 0.6 is 0 Å². The first-order chi connectivity index (χ1) is 24.6. The first-order valence-electron chi connectivity index (χ1n) is 20.1. The van der Waals surface area contributed by atoms with Crippen molar-refractivity contribution in [2.24, 2.45) is 23.5 Å². The van der Waals surface area contributed by atoms with Gasteiger partial charge in [0.1, 0.15) is 36.3 Å². The molecule has 0 aromatic rings. The summed E-state index contributed by atoms with van der Waals surface area (Å²) in [4.78, 5) is 14.0. The number of ketones is 1. The summed E-state index contributed by atoms with van der Waals surface area (Å²) in [6, 6.07) is 0. The first kappa shape index (κ1) is 35.5. The monoisotopic (exact) mass is 713 g/mol. The Morgan fingerprint density at radius 2 is 1.51 bits per heavy atom. The van der Waals surface area contributed by atoms with Crippen LogP contribution in [0, 0.1) is 17.8 Å². The van der Waals surface area contributed by atoms with Gasteiger partial charge in [-0.2, -0.15) is 0 Å². The van der Waals surface area contributed by atoms with Gasteiger partial charge in [-0.15, -0.1) is 0 Å². The van der Waals surface area contributed by atoms with E-state index in [1.165, 1.54) is 0 Å². The minimum absolute atomic E-state index is 0.00127. The summed E-state index contributed by atoms with van der Waals surface area (Å²) in [5.41, 5.74) is 8.06. The average molecular weight is 714 g/mol. The fourth-order valence-corrected chi connectivity index (χ4v) is 11.3. The third-order valence-corrected chi connectivity index (χ3v) is 14.2. The molecule has 0 radical (unpaired) electrons. The molecule has 10 aliphatic rings. The second-order valence-corrected chi connectivity index (χ2v) is 17.6. The van der Waals surface area contributed by atoms with Crippen molar-refractivity contribution in [1.82, 2.24) is 0 Å². The normalized spacial score (nSPS) is 53.2. The van der Waals surface area contributed by atoms with Crippen molar-refractivity contribution in [3.8, 4) is 0 Å². The van der Waals surface area contributed by atoms with Crippen LogP contribution in [0.2, 0.25) is 0 Å². The molecule has 10 rings (SSSR count). The highest BCUT2D eigenvalue weighted by molar-refractivity contribution is 5.79.